The van der Waals surface area contributed by atoms with Crippen molar-refractivity contribution in [3.63, 3.8) is 0 Å². The minimum absolute atomic E-state index is 0.0541. The number of hydrogen-bond donors (Lipinski definition) is 6. The molecule has 0 radical (unpaired) electrons. The second-order valence-corrected chi connectivity index (χ2v) is 43.2. The first kappa shape index (κ1) is 93.9. The molecule has 24 aliphatic rings. The fraction of sp³-hybridized carbons (Fsp3) is 0.867. The highest BCUT2D eigenvalue weighted by molar-refractivity contribution is 5.91. The van der Waals surface area contributed by atoms with Gasteiger partial charge in [0.1, 0.15) is 101 Å². The zero-order valence-corrected chi connectivity index (χ0v) is 71.7. The average molecular weight is 1800 g/mol. The number of alkyl halides is 8. The molecule has 126 heavy (non-hydrogen) atoms. The van der Waals surface area contributed by atoms with Crippen LogP contribution in [0.2, 0.25) is 0 Å². The molecule has 24 bridgehead atoms. The molecule has 0 aliphatic heterocycles. The lowest BCUT2D eigenvalue weighted by atomic mass is 9.48. The number of aliphatic hydroxyl groups is 6. The predicted octanol–water partition coefficient (Wildman–Crippen LogP) is 9.29. The van der Waals surface area contributed by atoms with Crippen molar-refractivity contribution in [2.24, 2.45) is 127 Å². The van der Waals surface area contributed by atoms with Crippen LogP contribution in [-0.4, -0.2) is 226 Å². The van der Waals surface area contributed by atoms with Crippen LogP contribution < -0.4 is 0 Å². The molecule has 0 heterocycles. The van der Waals surface area contributed by atoms with Crippen LogP contribution in [0.4, 0.5) is 35.1 Å². The van der Waals surface area contributed by atoms with Crippen molar-refractivity contribution in [1.29, 1.82) is 0 Å². The smallest absolute Gasteiger partial charge is 0.376 e. The van der Waals surface area contributed by atoms with E-state index in [0.29, 0.717) is 172 Å². The Morgan fingerprint density at radius 3 is 0.722 bits per heavy atom. The SMILES string of the molecule is CC(F)(F)C(=O)OC1C2CC3CC1CC(C(=O)OCC(O)COC(=O)C14CC5CC(C1)C(=O)C(C5)C4)(C3)C2.CC(F)(F)C(=O)OC1C2CC3CC1CC(C(=O)OCC(O)COC(=O)C14CC5CC(CC(O)(C5)C1)C4)(C3)C2.CC(F)(F)C(=O)OCC(O)COC(=O)C12CC3CC(C1)C(=O)C(C3)C2.CC(F)(F)C(=O)OCC(O)COC(=O)C12CC3CC(CC(O)(C3)C1)C2. The number of carbonyl (C=O) groups excluding carboxylic acids is 12. The number of hydrogen-bond acceptors (Lipinski definition) is 28. The third-order valence-corrected chi connectivity index (χ3v) is 32.2. The Bertz CT molecular complexity index is 4110. The molecule has 0 spiro atoms. The van der Waals surface area contributed by atoms with Gasteiger partial charge in [0.15, 0.2) is 0 Å². The summed E-state index contributed by atoms with van der Waals surface area (Å²) in [6.45, 7) is -1.55. The molecule has 24 rings (SSSR count). The molecule has 704 valence electrons. The van der Waals surface area contributed by atoms with E-state index in [1.165, 1.54) is 0 Å². The fourth-order valence-corrected chi connectivity index (χ4v) is 28.9. The highest BCUT2D eigenvalue weighted by Gasteiger charge is 2.68. The quantitative estimate of drug-likeness (QED) is 0.0241. The first-order valence-corrected chi connectivity index (χ1v) is 45.3. The van der Waals surface area contributed by atoms with Crippen molar-refractivity contribution in [3.05, 3.63) is 0 Å². The van der Waals surface area contributed by atoms with Gasteiger partial charge in [0.05, 0.1) is 43.7 Å². The first-order valence-electron chi connectivity index (χ1n) is 45.3. The molecule has 36 heteroatoms. The van der Waals surface area contributed by atoms with Gasteiger partial charge in [-0.05, 0) is 276 Å². The minimum atomic E-state index is -3.64. The van der Waals surface area contributed by atoms with Crippen molar-refractivity contribution in [2.75, 3.05) is 52.9 Å². The average Bonchev–Trinajstić information content (AvgIpc) is 0.741. The van der Waals surface area contributed by atoms with Gasteiger partial charge in [-0.15, -0.1) is 0 Å². The maximum absolute atomic E-state index is 13.4. The third kappa shape index (κ3) is 19.5. The maximum atomic E-state index is 13.4. The van der Waals surface area contributed by atoms with E-state index in [2.05, 4.69) is 9.47 Å². The summed E-state index contributed by atoms with van der Waals surface area (Å²) in [5.41, 5.74) is -5.83. The van der Waals surface area contributed by atoms with Gasteiger partial charge in [0.2, 0.25) is 0 Å². The van der Waals surface area contributed by atoms with E-state index in [9.17, 15) is 123 Å². The predicted molar refractivity (Wildman–Crippen MR) is 412 cm³/mol. The van der Waals surface area contributed by atoms with E-state index in [-0.39, 0.29) is 109 Å². The lowest BCUT2D eigenvalue weighted by Gasteiger charge is -2.58. The van der Waals surface area contributed by atoms with Crippen LogP contribution in [0.5, 0.6) is 0 Å². The minimum Gasteiger partial charge on any atom is -0.462 e. The van der Waals surface area contributed by atoms with Gasteiger partial charge in [-0.2, -0.15) is 35.1 Å². The lowest BCUT2D eigenvalue weighted by molar-refractivity contribution is -0.209. The molecule has 0 aromatic carbocycles. The zero-order chi connectivity index (χ0) is 91.0. The summed E-state index contributed by atoms with van der Waals surface area (Å²) in [6, 6.07) is 0. The molecule has 28 nitrogen and oxygen atoms in total. The number of carbonyl (C=O) groups is 12. The number of aliphatic hydroxyl groups excluding tert-OH is 4. The largest absolute Gasteiger partial charge is 0.462 e. The highest BCUT2D eigenvalue weighted by Crippen LogP contribution is 2.67. The van der Waals surface area contributed by atoms with E-state index in [4.69, 9.17) is 37.9 Å². The molecule has 6 N–H and O–H groups in total. The molecular formula is C90H120F8O28. The van der Waals surface area contributed by atoms with Gasteiger partial charge in [0.25, 0.3) is 0 Å². The van der Waals surface area contributed by atoms with Gasteiger partial charge < -0.3 is 78.0 Å². The third-order valence-electron chi connectivity index (χ3n) is 32.2. The lowest BCUT2D eigenvalue weighted by Crippen LogP contribution is -2.58. The van der Waals surface area contributed by atoms with Crippen LogP contribution in [0.25, 0.3) is 0 Å². The van der Waals surface area contributed by atoms with E-state index in [1.807, 2.05) is 0 Å². The summed E-state index contributed by atoms with van der Waals surface area (Å²) < 4.78 is 156. The summed E-state index contributed by atoms with van der Waals surface area (Å²) in [5, 5.41) is 61.8. The molecule has 24 fully saturated rings. The topological polar surface area (TPSA) is 419 Å². The molecule has 0 aromatic heterocycles. The maximum Gasteiger partial charge on any atom is 0.376 e. The summed E-state index contributed by atoms with van der Waals surface area (Å²) in [6.07, 6.45) is 15.0. The van der Waals surface area contributed by atoms with Crippen LogP contribution in [0, 0.1) is 127 Å². The molecule has 0 amide bonds. The van der Waals surface area contributed by atoms with E-state index >= 15 is 0 Å². The summed E-state index contributed by atoms with van der Waals surface area (Å²) in [4.78, 5) is 148. The molecule has 24 saturated carbocycles. The number of ether oxygens (including phenoxy) is 10. The molecular weight excluding hydrogens is 1680 g/mol. The second kappa shape index (κ2) is 34.4. The van der Waals surface area contributed by atoms with Crippen LogP contribution in [0.3, 0.4) is 0 Å². The van der Waals surface area contributed by atoms with Crippen molar-refractivity contribution >= 4 is 71.3 Å². The van der Waals surface area contributed by atoms with E-state index in [1.54, 1.807) is 0 Å². The normalized spacial score (nSPS) is 41.0. The highest BCUT2D eigenvalue weighted by atomic mass is 19.3. The summed E-state index contributed by atoms with van der Waals surface area (Å²) in [7, 11) is 0. The first-order chi connectivity index (χ1) is 58.8. The van der Waals surface area contributed by atoms with Crippen LogP contribution in [-0.2, 0) is 105 Å². The number of esters is 10. The standard InChI is InChI=1S/C28H38F2O8.C28H36F2O8.C17H24F2O6.C17H22F2O6/c1-25(29,30)22(32)38-21-18-3-15-4-19(21)11-26(5-15,10-18)23(33)36-12-20(31)13-37-24(34)27-6-16-2-17(7-27)9-28(35,8-16)14-27;1-26(29,30)23(33)38-22-18-4-15-5-19(22)11-28(7-15,10-18)25(35)37-13-20(31)12-36-24(34)27-6-14-2-16(8-27)21(32)17(3-14)9-27;1-15(18,19)13(21)24-7-12(20)8-25-14(22)16-3-10-2-11(4-16)6-17(23,5-10)9-16;1-16(18,19)14(22)24-7-12(20)8-25-15(23)17-4-9-2-10(5-17)13(21)11(3-9)6-17/h15-21,31,35H,2-14H2,1H3;14-20,22,31H,2-13H2,1H3;10-12,20,23H,2-9H2,1H3;9-12,20H,2-8H2,1H3. The van der Waals surface area contributed by atoms with E-state index in [0.717, 1.165) is 96.3 Å². The van der Waals surface area contributed by atoms with Gasteiger partial charge in [-0.25, -0.2) is 19.2 Å². The van der Waals surface area contributed by atoms with Gasteiger partial charge in [-0.1, -0.05) is 0 Å². The Morgan fingerprint density at radius 1 is 0.286 bits per heavy atom. The molecule has 16 unspecified atom stereocenters. The van der Waals surface area contributed by atoms with Gasteiger partial charge >= 0.3 is 83.4 Å². The van der Waals surface area contributed by atoms with Crippen molar-refractivity contribution in [1.82, 2.24) is 0 Å². The van der Waals surface area contributed by atoms with Crippen LogP contribution >= 0.6 is 0 Å². The Labute approximate surface area is 723 Å². The number of halogens is 8. The fourth-order valence-electron chi connectivity index (χ4n) is 28.9. The Balaban J connectivity index is 0.000000132. The summed E-state index contributed by atoms with van der Waals surface area (Å²) >= 11 is 0. The number of rotatable bonds is 28. The van der Waals surface area contributed by atoms with Crippen LogP contribution in [0.1, 0.15) is 233 Å². The molecule has 24 aliphatic carbocycles. The van der Waals surface area contributed by atoms with Crippen LogP contribution in [0.15, 0.2) is 0 Å². The van der Waals surface area contributed by atoms with Crippen molar-refractivity contribution in [2.45, 2.75) is 305 Å². The zero-order valence-electron chi connectivity index (χ0n) is 71.7. The Hall–Kier alpha value is -6.76. The molecule has 0 aromatic rings. The molecule has 0 saturated heterocycles. The number of ketones is 2. The van der Waals surface area contributed by atoms with Crippen molar-refractivity contribution in [3.8, 4) is 0 Å². The number of Topliss-reactive ketones (excluding diaryl/α,β-unsaturated/α-hetero) is 2. The van der Waals surface area contributed by atoms with Crippen molar-refractivity contribution < 1.29 is 171 Å². The molecule has 16 atom stereocenters. The Morgan fingerprint density at radius 2 is 0.492 bits per heavy atom. The summed E-state index contributed by atoms with van der Waals surface area (Å²) in [5.74, 6) is -21.3. The van der Waals surface area contributed by atoms with E-state index < -0.39 is 178 Å². The second-order valence-electron chi connectivity index (χ2n) is 43.2. The van der Waals surface area contributed by atoms with Gasteiger partial charge in [-0.3, -0.25) is 38.4 Å². The Kier molecular flexibility index (Phi) is 25.7. The van der Waals surface area contributed by atoms with Gasteiger partial charge in [0, 0.05) is 51.4 Å². The monoisotopic (exact) mass is 1800 g/mol.